The van der Waals surface area contributed by atoms with Crippen molar-refractivity contribution < 1.29 is 4.79 Å². The lowest BCUT2D eigenvalue weighted by molar-refractivity contribution is -0.117. The number of benzene rings is 2. The summed E-state index contributed by atoms with van der Waals surface area (Å²) in [5.41, 5.74) is 4.78. The average Bonchev–Trinajstić information content (AvgIpc) is 3.45. The molecule has 0 unspecified atom stereocenters. The third kappa shape index (κ3) is 5.78. The van der Waals surface area contributed by atoms with Gasteiger partial charge in [0.25, 0.3) is 0 Å². The summed E-state index contributed by atoms with van der Waals surface area (Å²) in [5.74, 6) is 0.578. The lowest BCUT2D eigenvalue weighted by atomic mass is 10.1. The highest BCUT2D eigenvalue weighted by Gasteiger charge is 2.21. The van der Waals surface area contributed by atoms with Crippen LogP contribution in [0.1, 0.15) is 19.8 Å². The number of nitrogens with zero attached hydrogens (tertiary/aromatic N) is 4. The summed E-state index contributed by atoms with van der Waals surface area (Å²) < 4.78 is 0. The molecule has 0 radical (unpaired) electrons. The fraction of sp³-hybridized carbons (Fsp3) is 0.370. The monoisotopic (exact) mass is 471 g/mol. The van der Waals surface area contributed by atoms with Crippen LogP contribution >= 0.6 is 0 Å². The second-order valence-corrected chi connectivity index (χ2v) is 9.07. The minimum absolute atomic E-state index is 0.0259. The van der Waals surface area contributed by atoms with Gasteiger partial charge in [-0.25, -0.2) is 9.97 Å². The van der Waals surface area contributed by atoms with Crippen molar-refractivity contribution in [3.05, 3.63) is 60.8 Å². The molecular weight excluding hydrogens is 438 g/mol. The molecule has 3 aromatic rings. The molecule has 0 bridgehead atoms. The largest absolute Gasteiger partial charge is 0.369 e. The summed E-state index contributed by atoms with van der Waals surface area (Å²) in [7, 11) is 0. The normalized spacial score (nSPS) is 18.4. The van der Waals surface area contributed by atoms with Crippen molar-refractivity contribution in [3.8, 4) is 11.3 Å². The Hall–Kier alpha value is -3.49. The van der Waals surface area contributed by atoms with E-state index >= 15 is 0 Å². The van der Waals surface area contributed by atoms with Crippen LogP contribution in [0.15, 0.2) is 60.8 Å². The van der Waals surface area contributed by atoms with Gasteiger partial charge in [-0.3, -0.25) is 4.79 Å². The smallest absolute Gasteiger partial charge is 0.241 e. The zero-order valence-corrected chi connectivity index (χ0v) is 20.2. The van der Waals surface area contributed by atoms with Crippen LogP contribution in [0.3, 0.4) is 0 Å². The molecule has 8 nitrogen and oxygen atoms in total. The molecule has 2 saturated heterocycles. The molecule has 2 fully saturated rings. The van der Waals surface area contributed by atoms with E-state index in [9.17, 15) is 4.79 Å². The van der Waals surface area contributed by atoms with Crippen molar-refractivity contribution in [2.75, 3.05) is 54.8 Å². The highest BCUT2D eigenvalue weighted by molar-refractivity contribution is 5.95. The fourth-order valence-corrected chi connectivity index (χ4v) is 4.65. The van der Waals surface area contributed by atoms with Crippen LogP contribution in [-0.2, 0) is 4.79 Å². The van der Waals surface area contributed by atoms with Crippen molar-refractivity contribution in [1.82, 2.24) is 20.2 Å². The van der Waals surface area contributed by atoms with Crippen LogP contribution in [0, 0.1) is 0 Å². The van der Waals surface area contributed by atoms with E-state index < -0.39 is 0 Å². The van der Waals surface area contributed by atoms with E-state index in [1.807, 2.05) is 30.3 Å². The zero-order valence-electron chi connectivity index (χ0n) is 20.2. The summed E-state index contributed by atoms with van der Waals surface area (Å²) in [6.07, 6.45) is 3.69. The van der Waals surface area contributed by atoms with Crippen molar-refractivity contribution in [2.45, 2.75) is 25.8 Å². The molecule has 0 saturated carbocycles. The number of anilines is 4. The van der Waals surface area contributed by atoms with E-state index in [4.69, 9.17) is 0 Å². The first kappa shape index (κ1) is 23.3. The van der Waals surface area contributed by atoms with Gasteiger partial charge in [0.05, 0.1) is 11.7 Å². The number of rotatable bonds is 7. The molecule has 2 aliphatic heterocycles. The predicted molar refractivity (Wildman–Crippen MR) is 141 cm³/mol. The number of nitrogens with one attached hydrogen (secondary N) is 3. The summed E-state index contributed by atoms with van der Waals surface area (Å²) >= 11 is 0. The van der Waals surface area contributed by atoms with Crippen LogP contribution in [0.5, 0.6) is 0 Å². The maximum absolute atomic E-state index is 12.3. The molecule has 1 aromatic heterocycles. The maximum atomic E-state index is 12.3. The van der Waals surface area contributed by atoms with Crippen LogP contribution < -0.4 is 20.9 Å². The zero-order chi connectivity index (χ0) is 24.0. The molecule has 182 valence electrons. The summed E-state index contributed by atoms with van der Waals surface area (Å²) in [6.45, 7) is 8.59. The predicted octanol–water partition coefficient (Wildman–Crippen LogP) is 3.72. The van der Waals surface area contributed by atoms with E-state index in [2.05, 4.69) is 66.9 Å². The van der Waals surface area contributed by atoms with Crippen molar-refractivity contribution in [3.63, 3.8) is 0 Å². The first-order valence-electron chi connectivity index (χ1n) is 12.5. The van der Waals surface area contributed by atoms with Gasteiger partial charge in [0.1, 0.15) is 0 Å². The standard InChI is InChI=1S/C27H33N7O/c1-2-33-16-18-34(19-17-33)23-11-9-22(10-12-23)31-27-29-15-13-24(32-27)20-5-7-21(8-6-20)30-26(35)25-4-3-14-28-25/h5-13,15,25,28H,2-4,14,16-19H2,1H3,(H,30,35)(H,29,31,32)/t25-/m0/s1. The van der Waals surface area contributed by atoms with Gasteiger partial charge in [0, 0.05) is 55.0 Å². The third-order valence-electron chi connectivity index (χ3n) is 6.79. The highest BCUT2D eigenvalue weighted by Crippen LogP contribution is 2.24. The summed E-state index contributed by atoms with van der Waals surface area (Å²) in [4.78, 5) is 26.3. The molecule has 2 aromatic carbocycles. The number of amides is 1. The topological polar surface area (TPSA) is 85.4 Å². The molecule has 1 amide bonds. The van der Waals surface area contributed by atoms with E-state index in [-0.39, 0.29) is 11.9 Å². The lowest BCUT2D eigenvalue weighted by Gasteiger charge is -2.35. The van der Waals surface area contributed by atoms with Gasteiger partial charge in [-0.1, -0.05) is 19.1 Å². The van der Waals surface area contributed by atoms with Crippen LogP contribution in [0.4, 0.5) is 23.0 Å². The lowest BCUT2D eigenvalue weighted by Crippen LogP contribution is -2.46. The summed E-state index contributed by atoms with van der Waals surface area (Å²) in [6, 6.07) is 18.0. The molecule has 35 heavy (non-hydrogen) atoms. The number of aromatic nitrogens is 2. The second-order valence-electron chi connectivity index (χ2n) is 9.07. The fourth-order valence-electron chi connectivity index (χ4n) is 4.65. The van der Waals surface area contributed by atoms with Crippen LogP contribution in [0.2, 0.25) is 0 Å². The van der Waals surface area contributed by atoms with Crippen molar-refractivity contribution >= 4 is 28.9 Å². The summed E-state index contributed by atoms with van der Waals surface area (Å²) in [5, 5.41) is 9.53. The molecule has 3 heterocycles. The molecule has 0 spiro atoms. The molecular formula is C27H33N7O. The molecule has 0 aliphatic carbocycles. The van der Waals surface area contributed by atoms with E-state index in [0.717, 1.165) is 74.7 Å². The Labute approximate surface area is 206 Å². The minimum atomic E-state index is -0.0921. The number of carbonyl (C=O) groups is 1. The second kappa shape index (κ2) is 10.8. The van der Waals surface area contributed by atoms with Crippen molar-refractivity contribution in [2.24, 2.45) is 0 Å². The number of piperazine rings is 1. The Bertz CT molecular complexity index is 1120. The van der Waals surface area contributed by atoms with Gasteiger partial charge in [-0.15, -0.1) is 0 Å². The van der Waals surface area contributed by atoms with Gasteiger partial charge >= 0.3 is 0 Å². The van der Waals surface area contributed by atoms with Gasteiger partial charge in [-0.05, 0) is 68.4 Å². The Morgan fingerprint density at radius 2 is 1.74 bits per heavy atom. The van der Waals surface area contributed by atoms with Crippen molar-refractivity contribution in [1.29, 1.82) is 0 Å². The Morgan fingerprint density at radius 3 is 2.43 bits per heavy atom. The van der Waals surface area contributed by atoms with Gasteiger partial charge < -0.3 is 25.8 Å². The highest BCUT2D eigenvalue weighted by atomic mass is 16.2. The number of hydrogen-bond acceptors (Lipinski definition) is 7. The quantitative estimate of drug-likeness (QED) is 0.484. The number of hydrogen-bond donors (Lipinski definition) is 3. The first-order valence-corrected chi connectivity index (χ1v) is 12.5. The molecule has 2 aliphatic rings. The first-order chi connectivity index (χ1) is 17.2. The van der Waals surface area contributed by atoms with E-state index in [1.54, 1.807) is 6.20 Å². The Morgan fingerprint density at radius 1 is 1.00 bits per heavy atom. The van der Waals surface area contributed by atoms with Gasteiger partial charge in [0.15, 0.2) is 0 Å². The van der Waals surface area contributed by atoms with Crippen LogP contribution in [0.25, 0.3) is 11.3 Å². The Balaban J connectivity index is 1.20. The van der Waals surface area contributed by atoms with E-state index in [1.165, 1.54) is 5.69 Å². The number of carbonyl (C=O) groups excluding carboxylic acids is 1. The number of likely N-dealkylation sites (N-methyl/N-ethyl adjacent to an activating group) is 1. The SMILES string of the molecule is CCN1CCN(c2ccc(Nc3nccc(-c4ccc(NC(=O)[C@@H]5CCCN5)cc4)n3)cc2)CC1. The van der Waals surface area contributed by atoms with Crippen LogP contribution in [-0.4, -0.2) is 66.1 Å². The Kier molecular flexibility index (Phi) is 7.20. The molecule has 3 N–H and O–H groups in total. The minimum Gasteiger partial charge on any atom is -0.369 e. The molecule has 1 atom stereocenters. The third-order valence-corrected chi connectivity index (χ3v) is 6.79. The van der Waals surface area contributed by atoms with Gasteiger partial charge in [-0.2, -0.15) is 0 Å². The maximum Gasteiger partial charge on any atom is 0.241 e. The average molecular weight is 472 g/mol. The van der Waals surface area contributed by atoms with E-state index in [0.29, 0.717) is 5.95 Å². The van der Waals surface area contributed by atoms with Gasteiger partial charge in [0.2, 0.25) is 11.9 Å². The molecule has 8 heteroatoms. The molecule has 5 rings (SSSR count).